The molecule has 1 aromatic carbocycles. The molecule has 1 aliphatic rings. The van der Waals surface area contributed by atoms with Crippen molar-refractivity contribution in [1.82, 2.24) is 25.3 Å². The van der Waals surface area contributed by atoms with Crippen molar-refractivity contribution in [2.45, 2.75) is 19.4 Å². The van der Waals surface area contributed by atoms with Gasteiger partial charge < -0.3 is 15.5 Å². The van der Waals surface area contributed by atoms with Gasteiger partial charge in [-0.1, -0.05) is 18.2 Å². The Morgan fingerprint density at radius 3 is 2.92 bits per heavy atom. The third-order valence-corrected chi connectivity index (χ3v) is 4.09. The average Bonchev–Trinajstić information content (AvgIpc) is 3.03. The first-order valence-corrected chi connectivity index (χ1v) is 8.06. The van der Waals surface area contributed by atoms with Crippen LogP contribution in [0.15, 0.2) is 42.7 Å². The highest BCUT2D eigenvalue weighted by Crippen LogP contribution is 2.21. The van der Waals surface area contributed by atoms with E-state index in [9.17, 15) is 9.59 Å². The van der Waals surface area contributed by atoms with Crippen molar-refractivity contribution in [3.63, 3.8) is 0 Å². The molecule has 1 aromatic heterocycles. The number of hydrogen-bond acceptors (Lipinski definition) is 3. The summed E-state index contributed by atoms with van der Waals surface area (Å²) < 4.78 is 1.78. The molecule has 7 heteroatoms. The van der Waals surface area contributed by atoms with Gasteiger partial charge in [-0.2, -0.15) is 5.10 Å². The molecule has 0 aliphatic carbocycles. The molecule has 0 spiro atoms. The van der Waals surface area contributed by atoms with Gasteiger partial charge in [0.2, 0.25) is 5.91 Å². The monoisotopic (exact) mass is 327 g/mol. The van der Waals surface area contributed by atoms with Gasteiger partial charge in [-0.3, -0.25) is 4.79 Å². The van der Waals surface area contributed by atoms with Crippen LogP contribution >= 0.6 is 0 Å². The number of rotatable bonds is 3. The molecule has 24 heavy (non-hydrogen) atoms. The molecular weight excluding hydrogens is 306 g/mol. The third kappa shape index (κ3) is 3.56. The molecule has 1 fully saturated rings. The van der Waals surface area contributed by atoms with Gasteiger partial charge in [-0.15, -0.1) is 0 Å². The maximum atomic E-state index is 12.5. The summed E-state index contributed by atoms with van der Waals surface area (Å²) in [6.07, 6.45) is 3.94. The third-order valence-electron chi connectivity index (χ3n) is 4.09. The standard InChI is InChI=1S/C17H21N5O2/c1-13(20-17(24)21-11-7-16(23)18-9-12-21)14-5-2-3-6-15(14)22-10-4-8-19-22/h2-6,8,10,13H,7,9,11-12H2,1H3,(H,18,23)(H,20,24)/t13-/m0/s1. The minimum atomic E-state index is -0.176. The molecule has 0 bridgehead atoms. The van der Waals surface area contributed by atoms with E-state index in [1.165, 1.54) is 0 Å². The summed E-state index contributed by atoms with van der Waals surface area (Å²) >= 11 is 0. The molecule has 0 radical (unpaired) electrons. The van der Waals surface area contributed by atoms with E-state index in [-0.39, 0.29) is 18.0 Å². The Labute approximate surface area is 140 Å². The fourth-order valence-electron chi connectivity index (χ4n) is 2.80. The minimum Gasteiger partial charge on any atom is -0.354 e. The SMILES string of the molecule is C[C@H](NC(=O)N1CCNC(=O)CC1)c1ccccc1-n1cccn1. The molecule has 2 heterocycles. The fraction of sp³-hybridized carbons (Fsp3) is 0.353. The first-order valence-electron chi connectivity index (χ1n) is 8.06. The number of nitrogens with one attached hydrogen (secondary N) is 2. The van der Waals surface area contributed by atoms with Crippen LogP contribution in [-0.4, -0.2) is 46.3 Å². The van der Waals surface area contributed by atoms with E-state index < -0.39 is 0 Å². The molecule has 0 saturated carbocycles. The second kappa shape index (κ2) is 7.16. The maximum absolute atomic E-state index is 12.5. The summed E-state index contributed by atoms with van der Waals surface area (Å²) in [7, 11) is 0. The smallest absolute Gasteiger partial charge is 0.317 e. The summed E-state index contributed by atoms with van der Waals surface area (Å²) in [6, 6.07) is 9.37. The first-order chi connectivity index (χ1) is 11.6. The van der Waals surface area contributed by atoms with Gasteiger partial charge in [0.1, 0.15) is 0 Å². The molecule has 3 rings (SSSR count). The van der Waals surface area contributed by atoms with Gasteiger partial charge in [0, 0.05) is 38.4 Å². The van der Waals surface area contributed by atoms with Crippen LogP contribution < -0.4 is 10.6 Å². The number of hydrogen-bond donors (Lipinski definition) is 2. The molecule has 1 aliphatic heterocycles. The van der Waals surface area contributed by atoms with E-state index in [1.807, 2.05) is 43.5 Å². The van der Waals surface area contributed by atoms with E-state index in [1.54, 1.807) is 15.8 Å². The minimum absolute atomic E-state index is 0.0117. The Bertz CT molecular complexity index is 714. The largest absolute Gasteiger partial charge is 0.354 e. The van der Waals surface area contributed by atoms with E-state index in [0.29, 0.717) is 26.1 Å². The Morgan fingerprint density at radius 1 is 1.29 bits per heavy atom. The number of amides is 3. The number of nitrogens with zero attached hydrogens (tertiary/aromatic N) is 3. The highest BCUT2D eigenvalue weighted by atomic mass is 16.2. The van der Waals surface area contributed by atoms with Gasteiger partial charge in [0.25, 0.3) is 0 Å². The fourth-order valence-corrected chi connectivity index (χ4v) is 2.80. The molecule has 2 aromatic rings. The first kappa shape index (κ1) is 16.0. The van der Waals surface area contributed by atoms with Gasteiger partial charge in [0.05, 0.1) is 11.7 Å². The summed E-state index contributed by atoms with van der Waals surface area (Å²) in [5.41, 5.74) is 1.92. The van der Waals surface area contributed by atoms with Crippen LogP contribution in [0.4, 0.5) is 4.79 Å². The second-order valence-electron chi connectivity index (χ2n) is 5.77. The second-order valence-corrected chi connectivity index (χ2v) is 5.77. The van der Waals surface area contributed by atoms with Crippen LogP contribution in [0.3, 0.4) is 0 Å². The number of urea groups is 1. The lowest BCUT2D eigenvalue weighted by atomic mass is 10.1. The lowest BCUT2D eigenvalue weighted by Crippen LogP contribution is -2.42. The highest BCUT2D eigenvalue weighted by Gasteiger charge is 2.21. The van der Waals surface area contributed by atoms with Gasteiger partial charge >= 0.3 is 6.03 Å². The van der Waals surface area contributed by atoms with Crippen LogP contribution in [0.1, 0.15) is 24.9 Å². The molecule has 1 atom stereocenters. The predicted molar refractivity (Wildman–Crippen MR) is 89.7 cm³/mol. The Hall–Kier alpha value is -2.83. The Balaban J connectivity index is 1.72. The zero-order chi connectivity index (χ0) is 16.9. The van der Waals surface area contributed by atoms with Crippen LogP contribution in [-0.2, 0) is 4.79 Å². The lowest BCUT2D eigenvalue weighted by molar-refractivity contribution is -0.120. The summed E-state index contributed by atoms with van der Waals surface area (Å²) in [4.78, 5) is 25.6. The van der Waals surface area contributed by atoms with Crippen molar-refractivity contribution in [3.8, 4) is 5.69 Å². The molecule has 126 valence electrons. The van der Waals surface area contributed by atoms with Crippen LogP contribution in [0.2, 0.25) is 0 Å². The van der Waals surface area contributed by atoms with E-state index >= 15 is 0 Å². The maximum Gasteiger partial charge on any atom is 0.317 e. The summed E-state index contributed by atoms with van der Waals surface area (Å²) in [6.45, 7) is 3.39. The topological polar surface area (TPSA) is 79.3 Å². The number of carbonyl (C=O) groups excluding carboxylic acids is 2. The van der Waals surface area contributed by atoms with Crippen molar-refractivity contribution in [1.29, 1.82) is 0 Å². The van der Waals surface area contributed by atoms with Crippen molar-refractivity contribution in [3.05, 3.63) is 48.3 Å². The van der Waals surface area contributed by atoms with Crippen molar-refractivity contribution in [2.75, 3.05) is 19.6 Å². The molecule has 1 saturated heterocycles. The summed E-state index contributed by atoms with van der Waals surface area (Å²) in [5, 5.41) is 10.1. The lowest BCUT2D eigenvalue weighted by Gasteiger charge is -2.24. The quantitative estimate of drug-likeness (QED) is 0.896. The van der Waals surface area contributed by atoms with Crippen molar-refractivity contribution in [2.24, 2.45) is 0 Å². The van der Waals surface area contributed by atoms with Gasteiger partial charge in [-0.05, 0) is 24.6 Å². The summed E-state index contributed by atoms with van der Waals surface area (Å²) in [5.74, 6) is -0.0117. The number of aromatic nitrogens is 2. The molecule has 3 amide bonds. The molecule has 7 nitrogen and oxygen atoms in total. The highest BCUT2D eigenvalue weighted by molar-refractivity contribution is 5.79. The van der Waals surface area contributed by atoms with E-state index in [2.05, 4.69) is 15.7 Å². The molecule has 0 unspecified atom stereocenters. The van der Waals surface area contributed by atoms with Crippen molar-refractivity contribution < 1.29 is 9.59 Å². The van der Waals surface area contributed by atoms with Crippen molar-refractivity contribution >= 4 is 11.9 Å². The number of benzene rings is 1. The normalized spacial score (nSPS) is 16.2. The Kier molecular flexibility index (Phi) is 4.79. The van der Waals surface area contributed by atoms with E-state index in [0.717, 1.165) is 11.3 Å². The number of carbonyl (C=O) groups is 2. The van der Waals surface area contributed by atoms with Gasteiger partial charge in [0.15, 0.2) is 0 Å². The van der Waals surface area contributed by atoms with Crippen LogP contribution in [0.25, 0.3) is 5.69 Å². The van der Waals surface area contributed by atoms with Crippen LogP contribution in [0.5, 0.6) is 0 Å². The average molecular weight is 327 g/mol. The zero-order valence-corrected chi connectivity index (χ0v) is 13.6. The number of para-hydroxylation sites is 1. The van der Waals surface area contributed by atoms with E-state index in [4.69, 9.17) is 0 Å². The Morgan fingerprint density at radius 2 is 2.12 bits per heavy atom. The zero-order valence-electron chi connectivity index (χ0n) is 13.6. The van der Waals surface area contributed by atoms with Crippen LogP contribution in [0, 0.1) is 0 Å². The molecular formula is C17H21N5O2. The predicted octanol–water partition coefficient (Wildman–Crippen LogP) is 1.46. The van der Waals surface area contributed by atoms with Gasteiger partial charge in [-0.25, -0.2) is 9.48 Å². The molecule has 2 N–H and O–H groups in total.